The normalized spacial score (nSPS) is 21.1. The summed E-state index contributed by atoms with van der Waals surface area (Å²) in [4.78, 5) is 11.4. The minimum atomic E-state index is 0.632. The topological polar surface area (TPSA) is 46.4 Å². The fourth-order valence-electron chi connectivity index (χ4n) is 2.21. The zero-order valence-electron chi connectivity index (χ0n) is 14.4. The summed E-state index contributed by atoms with van der Waals surface area (Å²) in [7, 11) is 0. The van der Waals surface area contributed by atoms with Crippen LogP contribution in [0.1, 0.15) is 20.8 Å². The highest BCUT2D eigenvalue weighted by molar-refractivity contribution is 6.41. The first kappa shape index (κ1) is 19.1. The molecule has 2 aliphatic heterocycles. The Labute approximate surface area is 139 Å². The van der Waals surface area contributed by atoms with Gasteiger partial charge in [-0.05, 0) is 26.8 Å². The van der Waals surface area contributed by atoms with Crippen LogP contribution in [0.4, 0.5) is 0 Å². The van der Waals surface area contributed by atoms with Crippen LogP contribution in [0.15, 0.2) is 33.6 Å². The molecule has 0 saturated carbocycles. The van der Waals surface area contributed by atoms with Gasteiger partial charge in [0.25, 0.3) is 0 Å². The first-order valence-electron chi connectivity index (χ1n) is 7.89. The highest BCUT2D eigenvalue weighted by Crippen LogP contribution is 2.11. The molecular formula is C18H27N3O2. The van der Waals surface area contributed by atoms with E-state index >= 15 is 0 Å². The SMILES string of the molecule is C#C.C/C=C(\C=C1/CN=C(C)C(C)=N1)OCCN1CCOCC1. The lowest BCUT2D eigenvalue weighted by molar-refractivity contribution is 0.0281. The highest BCUT2D eigenvalue weighted by Gasteiger charge is 2.10. The predicted octanol–water partition coefficient (Wildman–Crippen LogP) is 2.31. The van der Waals surface area contributed by atoms with Gasteiger partial charge in [0, 0.05) is 25.7 Å². The molecule has 0 spiro atoms. The van der Waals surface area contributed by atoms with E-state index in [4.69, 9.17) is 9.47 Å². The highest BCUT2D eigenvalue weighted by atomic mass is 16.5. The second-order valence-corrected chi connectivity index (χ2v) is 5.23. The first-order valence-corrected chi connectivity index (χ1v) is 7.89. The van der Waals surface area contributed by atoms with Crippen molar-refractivity contribution in [3.8, 4) is 12.8 Å². The maximum Gasteiger partial charge on any atom is 0.116 e. The Hall–Kier alpha value is -1.90. The Balaban J connectivity index is 0.00000127. The van der Waals surface area contributed by atoms with Gasteiger partial charge in [-0.15, -0.1) is 12.8 Å². The molecule has 0 bridgehead atoms. The molecule has 1 fully saturated rings. The molecule has 1 saturated heterocycles. The van der Waals surface area contributed by atoms with Crippen molar-refractivity contribution in [1.29, 1.82) is 0 Å². The molecule has 23 heavy (non-hydrogen) atoms. The Morgan fingerprint density at radius 3 is 2.57 bits per heavy atom. The molecule has 0 amide bonds. The van der Waals surface area contributed by atoms with Gasteiger partial charge in [0.05, 0.1) is 36.9 Å². The summed E-state index contributed by atoms with van der Waals surface area (Å²) in [6.45, 7) is 11.9. The van der Waals surface area contributed by atoms with Crippen LogP contribution in [-0.4, -0.2) is 62.3 Å². The zero-order valence-corrected chi connectivity index (χ0v) is 14.4. The smallest absolute Gasteiger partial charge is 0.116 e. The Kier molecular flexibility index (Phi) is 8.96. The van der Waals surface area contributed by atoms with E-state index in [2.05, 4.69) is 27.7 Å². The Bertz CT molecular complexity index is 510. The van der Waals surface area contributed by atoms with Crippen LogP contribution in [0.25, 0.3) is 0 Å². The average Bonchev–Trinajstić information content (AvgIpc) is 2.60. The maximum atomic E-state index is 5.84. The van der Waals surface area contributed by atoms with Crippen LogP contribution in [0.3, 0.4) is 0 Å². The monoisotopic (exact) mass is 317 g/mol. The first-order chi connectivity index (χ1) is 11.2. The number of morpholine rings is 1. The van der Waals surface area contributed by atoms with Crippen molar-refractivity contribution in [3.63, 3.8) is 0 Å². The van der Waals surface area contributed by atoms with Crippen LogP contribution >= 0.6 is 0 Å². The Morgan fingerprint density at radius 1 is 1.26 bits per heavy atom. The van der Waals surface area contributed by atoms with Gasteiger partial charge in [0.2, 0.25) is 0 Å². The molecule has 0 unspecified atom stereocenters. The molecule has 0 aromatic heterocycles. The van der Waals surface area contributed by atoms with Crippen LogP contribution in [0.5, 0.6) is 0 Å². The molecular weight excluding hydrogens is 290 g/mol. The van der Waals surface area contributed by atoms with E-state index in [1.807, 2.05) is 32.9 Å². The van der Waals surface area contributed by atoms with Gasteiger partial charge in [-0.25, -0.2) is 0 Å². The minimum absolute atomic E-state index is 0.632. The molecule has 126 valence electrons. The van der Waals surface area contributed by atoms with E-state index in [-0.39, 0.29) is 0 Å². The zero-order chi connectivity index (χ0) is 17.1. The van der Waals surface area contributed by atoms with Gasteiger partial charge in [-0.1, -0.05) is 0 Å². The summed E-state index contributed by atoms with van der Waals surface area (Å²) in [5.41, 5.74) is 2.95. The molecule has 0 atom stereocenters. The van der Waals surface area contributed by atoms with Gasteiger partial charge in [0.15, 0.2) is 0 Å². The number of hydrogen-bond donors (Lipinski definition) is 0. The van der Waals surface area contributed by atoms with Crippen LogP contribution in [0.2, 0.25) is 0 Å². The second kappa shape index (κ2) is 10.8. The third-order valence-electron chi connectivity index (χ3n) is 3.69. The van der Waals surface area contributed by atoms with E-state index in [1.165, 1.54) is 0 Å². The largest absolute Gasteiger partial charge is 0.493 e. The molecule has 5 heteroatoms. The lowest BCUT2D eigenvalue weighted by Crippen LogP contribution is -2.38. The van der Waals surface area contributed by atoms with Crippen LogP contribution < -0.4 is 0 Å². The summed E-state index contributed by atoms with van der Waals surface area (Å²) in [5.74, 6) is 0.865. The van der Waals surface area contributed by atoms with Gasteiger partial charge in [0.1, 0.15) is 12.4 Å². The third kappa shape index (κ3) is 6.81. The van der Waals surface area contributed by atoms with E-state index in [0.717, 1.165) is 55.7 Å². The van der Waals surface area contributed by atoms with E-state index in [1.54, 1.807) is 0 Å². The molecule has 2 heterocycles. The van der Waals surface area contributed by atoms with Crippen molar-refractivity contribution in [2.24, 2.45) is 9.98 Å². The number of hydrogen-bond acceptors (Lipinski definition) is 5. The van der Waals surface area contributed by atoms with Crippen molar-refractivity contribution >= 4 is 11.4 Å². The number of aliphatic imine (C=N–C) groups is 2. The van der Waals surface area contributed by atoms with E-state index in [9.17, 15) is 0 Å². The van der Waals surface area contributed by atoms with Crippen molar-refractivity contribution in [3.05, 3.63) is 23.6 Å². The number of ether oxygens (including phenoxy) is 2. The van der Waals surface area contributed by atoms with E-state index in [0.29, 0.717) is 13.2 Å². The summed E-state index contributed by atoms with van der Waals surface area (Å²) in [5, 5.41) is 0. The van der Waals surface area contributed by atoms with E-state index < -0.39 is 0 Å². The number of nitrogens with zero attached hydrogens (tertiary/aromatic N) is 3. The van der Waals surface area contributed by atoms with Crippen LogP contribution in [-0.2, 0) is 9.47 Å². The van der Waals surface area contributed by atoms with Crippen molar-refractivity contribution in [2.75, 3.05) is 46.0 Å². The molecule has 0 aromatic rings. The molecule has 2 rings (SSSR count). The lowest BCUT2D eigenvalue weighted by Gasteiger charge is -2.26. The fourth-order valence-corrected chi connectivity index (χ4v) is 2.21. The standard InChI is InChI=1S/C16H25N3O2.C2H2/c1-4-16(11-15-12-17-13(2)14(3)18-15)21-10-7-19-5-8-20-9-6-19;1-2/h4,11H,5-10,12H2,1-3H3;1-2H/b15-11+,16-4+;. The van der Waals surface area contributed by atoms with Gasteiger partial charge >= 0.3 is 0 Å². The molecule has 0 N–H and O–H groups in total. The van der Waals surface area contributed by atoms with Crippen molar-refractivity contribution in [2.45, 2.75) is 20.8 Å². The second-order valence-electron chi connectivity index (χ2n) is 5.23. The molecule has 0 aliphatic carbocycles. The summed E-state index contributed by atoms with van der Waals surface area (Å²) in [6.07, 6.45) is 12.0. The van der Waals surface area contributed by atoms with Gasteiger partial charge in [-0.3, -0.25) is 14.9 Å². The quantitative estimate of drug-likeness (QED) is 0.577. The number of rotatable bonds is 5. The van der Waals surface area contributed by atoms with Crippen molar-refractivity contribution in [1.82, 2.24) is 4.90 Å². The fraction of sp³-hybridized carbons (Fsp3) is 0.556. The number of terminal acetylenes is 1. The summed E-state index contributed by atoms with van der Waals surface area (Å²) >= 11 is 0. The number of allylic oxidation sites excluding steroid dienone is 2. The minimum Gasteiger partial charge on any atom is -0.493 e. The summed E-state index contributed by atoms with van der Waals surface area (Å²) < 4.78 is 11.2. The van der Waals surface area contributed by atoms with Gasteiger partial charge in [-0.2, -0.15) is 0 Å². The maximum absolute atomic E-state index is 5.84. The van der Waals surface area contributed by atoms with Crippen molar-refractivity contribution < 1.29 is 9.47 Å². The molecule has 5 nitrogen and oxygen atoms in total. The average molecular weight is 317 g/mol. The lowest BCUT2D eigenvalue weighted by atomic mass is 10.2. The molecule has 0 radical (unpaired) electrons. The van der Waals surface area contributed by atoms with Gasteiger partial charge < -0.3 is 9.47 Å². The molecule has 2 aliphatic rings. The predicted molar refractivity (Wildman–Crippen MR) is 96.0 cm³/mol. The third-order valence-corrected chi connectivity index (χ3v) is 3.69. The van der Waals surface area contributed by atoms with Crippen LogP contribution in [0, 0.1) is 12.8 Å². The molecule has 0 aromatic carbocycles. The Morgan fingerprint density at radius 2 is 1.96 bits per heavy atom. The summed E-state index contributed by atoms with van der Waals surface area (Å²) in [6, 6.07) is 0.